The van der Waals surface area contributed by atoms with E-state index in [1.54, 1.807) is 21.1 Å². The third-order valence-corrected chi connectivity index (χ3v) is 9.09. The first-order valence-corrected chi connectivity index (χ1v) is 20.4. The fraction of sp³-hybridized carbons (Fsp3) is 0.833. The normalized spacial score (nSPS) is 13.2. The van der Waals surface area contributed by atoms with Gasteiger partial charge in [-0.2, -0.15) is 0 Å². The van der Waals surface area contributed by atoms with Crippen LogP contribution in [0, 0.1) is 0 Å². The van der Waals surface area contributed by atoms with Crippen molar-refractivity contribution in [2.45, 2.75) is 187 Å². The zero-order chi connectivity index (χ0) is 37.1. The molecular weight excluding hydrogens is 630 g/mol. The Morgan fingerprint density at radius 2 is 1.06 bits per heavy atom. The van der Waals surface area contributed by atoms with Crippen molar-refractivity contribution in [1.82, 2.24) is 0 Å². The Morgan fingerprint density at radius 1 is 0.600 bits per heavy atom. The highest BCUT2D eigenvalue weighted by molar-refractivity contribution is 5.70. The van der Waals surface area contributed by atoms with Gasteiger partial charge in [0, 0.05) is 19.3 Å². The number of nitrogens with zero attached hydrogens (tertiary/aromatic N) is 1. The first-order valence-electron chi connectivity index (χ1n) is 20.4. The predicted octanol–water partition coefficient (Wildman–Crippen LogP) is 9.19. The average Bonchev–Trinajstić information content (AvgIpc) is 3.06. The molecule has 0 spiro atoms. The smallest absolute Gasteiger partial charge is 0.306 e. The lowest BCUT2D eigenvalue weighted by Crippen LogP contribution is -2.55. The second kappa shape index (κ2) is 33.9. The molecule has 0 bridgehead atoms. The van der Waals surface area contributed by atoms with Gasteiger partial charge in [0.05, 0.1) is 40.3 Å². The molecule has 0 radical (unpaired) electrons. The van der Waals surface area contributed by atoms with Crippen LogP contribution in [0.3, 0.4) is 0 Å². The number of esters is 2. The number of carboxylic acids is 1. The minimum atomic E-state index is -1.13. The number of hydrogen-bond acceptors (Lipinski definition) is 7. The van der Waals surface area contributed by atoms with Crippen molar-refractivity contribution in [3.63, 3.8) is 0 Å². The molecule has 0 heterocycles. The second-order valence-corrected chi connectivity index (χ2v) is 14.9. The molecule has 2 unspecified atom stereocenters. The van der Waals surface area contributed by atoms with Crippen LogP contribution in [0.2, 0.25) is 0 Å². The van der Waals surface area contributed by atoms with Crippen LogP contribution in [-0.4, -0.2) is 75.5 Å². The van der Waals surface area contributed by atoms with Crippen LogP contribution in [0.1, 0.15) is 174 Å². The van der Waals surface area contributed by atoms with Gasteiger partial charge in [-0.15, -0.1) is 0 Å². The number of aliphatic carboxylic acids is 1. The van der Waals surface area contributed by atoms with Gasteiger partial charge in [-0.05, 0) is 44.9 Å². The lowest BCUT2D eigenvalue weighted by molar-refractivity contribution is -0.889. The summed E-state index contributed by atoms with van der Waals surface area (Å²) < 4.78 is 17.1. The van der Waals surface area contributed by atoms with Crippen LogP contribution in [0.15, 0.2) is 24.3 Å². The first-order chi connectivity index (χ1) is 24.1. The van der Waals surface area contributed by atoms with Crippen molar-refractivity contribution in [1.29, 1.82) is 0 Å². The summed E-state index contributed by atoms with van der Waals surface area (Å²) in [5.74, 6) is -1.74. The minimum absolute atomic E-state index is 0.0418. The largest absolute Gasteiger partial charge is 0.544 e. The summed E-state index contributed by atoms with van der Waals surface area (Å²) in [6.45, 7) is 4.59. The average molecular weight is 708 g/mol. The zero-order valence-electron chi connectivity index (χ0n) is 33.1. The number of allylic oxidation sites excluding steroid dienone is 4. The number of carbonyl (C=O) groups is 3. The third-order valence-electron chi connectivity index (χ3n) is 9.09. The quantitative estimate of drug-likeness (QED) is 0.0277. The van der Waals surface area contributed by atoms with E-state index in [2.05, 4.69) is 38.2 Å². The number of rotatable bonds is 36. The molecule has 2 atom stereocenters. The van der Waals surface area contributed by atoms with Crippen LogP contribution in [0.25, 0.3) is 0 Å². The van der Waals surface area contributed by atoms with Crippen LogP contribution in [0.4, 0.5) is 0 Å². The molecule has 0 aliphatic heterocycles. The van der Waals surface area contributed by atoms with Gasteiger partial charge in [-0.1, -0.05) is 134 Å². The van der Waals surface area contributed by atoms with Gasteiger partial charge in [0.2, 0.25) is 0 Å². The third kappa shape index (κ3) is 31.8. The first kappa shape index (κ1) is 47.8. The predicted molar refractivity (Wildman–Crippen MR) is 204 cm³/mol. The maximum absolute atomic E-state index is 12.6. The molecule has 292 valence electrons. The Labute approximate surface area is 307 Å². The highest BCUT2D eigenvalue weighted by Gasteiger charge is 2.25. The monoisotopic (exact) mass is 708 g/mol. The number of unbranched alkanes of at least 4 members (excludes halogenated alkanes) is 18. The van der Waals surface area contributed by atoms with Crippen LogP contribution >= 0.6 is 0 Å². The van der Waals surface area contributed by atoms with Crippen LogP contribution < -0.4 is 5.11 Å². The molecule has 0 aromatic heterocycles. The van der Waals surface area contributed by atoms with Gasteiger partial charge >= 0.3 is 11.9 Å². The Bertz CT molecular complexity index is 880. The summed E-state index contributed by atoms with van der Waals surface area (Å²) in [5, 5.41) is 11.6. The molecule has 0 saturated carbocycles. The fourth-order valence-corrected chi connectivity index (χ4v) is 5.86. The van der Waals surface area contributed by atoms with Gasteiger partial charge in [0.1, 0.15) is 12.6 Å². The van der Waals surface area contributed by atoms with Crippen molar-refractivity contribution in [2.24, 2.45) is 0 Å². The molecular formula is C42H77NO7. The van der Waals surface area contributed by atoms with Crippen molar-refractivity contribution >= 4 is 17.9 Å². The van der Waals surface area contributed by atoms with E-state index in [1.807, 2.05) is 0 Å². The number of quaternary nitrogens is 1. The van der Waals surface area contributed by atoms with E-state index in [9.17, 15) is 19.5 Å². The number of likely N-dealkylation sites (N-methyl/N-ethyl adjacent to an activating group) is 1. The molecule has 50 heavy (non-hydrogen) atoms. The maximum atomic E-state index is 12.6. The highest BCUT2D eigenvalue weighted by atomic mass is 16.6. The summed E-state index contributed by atoms with van der Waals surface area (Å²) >= 11 is 0. The van der Waals surface area contributed by atoms with Gasteiger partial charge in [-0.25, -0.2) is 0 Å². The summed E-state index contributed by atoms with van der Waals surface area (Å²) in [6, 6.07) is -0.722. The van der Waals surface area contributed by atoms with Gasteiger partial charge in [0.15, 0.2) is 6.10 Å². The number of hydrogen-bond donors (Lipinski definition) is 0. The van der Waals surface area contributed by atoms with E-state index >= 15 is 0 Å². The van der Waals surface area contributed by atoms with E-state index in [0.717, 1.165) is 44.9 Å². The maximum Gasteiger partial charge on any atom is 0.306 e. The topological polar surface area (TPSA) is 102 Å². The highest BCUT2D eigenvalue weighted by Crippen LogP contribution is 2.14. The van der Waals surface area contributed by atoms with Gasteiger partial charge in [-0.3, -0.25) is 9.59 Å². The Balaban J connectivity index is 4.27. The van der Waals surface area contributed by atoms with E-state index in [1.165, 1.54) is 96.3 Å². The summed E-state index contributed by atoms with van der Waals surface area (Å²) in [7, 11) is 5.39. The molecule has 0 saturated heterocycles. The standard InChI is InChI=1S/C42H77NO7/c1-6-8-10-12-14-15-16-17-18-19-20-21-22-23-24-25-27-29-31-33-41(45)50-38(36-48-35-34-39(42(46)47)43(3,4)5)37-49-40(44)32-30-28-26-13-11-9-7-2/h14-15,17-18,38-39H,6-13,16,19-37H2,1-5H3/b15-14-,18-17-. The van der Waals surface area contributed by atoms with Crippen molar-refractivity contribution in [3.05, 3.63) is 24.3 Å². The van der Waals surface area contributed by atoms with Gasteiger partial charge in [0.25, 0.3) is 0 Å². The zero-order valence-corrected chi connectivity index (χ0v) is 33.1. The molecule has 0 aliphatic carbocycles. The summed E-state index contributed by atoms with van der Waals surface area (Å²) in [6.07, 6.45) is 35.0. The molecule has 0 aromatic rings. The number of carbonyl (C=O) groups excluding carboxylic acids is 3. The molecule has 8 heteroatoms. The molecule has 0 rings (SSSR count). The molecule has 0 N–H and O–H groups in total. The van der Waals surface area contributed by atoms with Crippen LogP contribution in [0.5, 0.6) is 0 Å². The fourth-order valence-electron chi connectivity index (χ4n) is 5.86. The van der Waals surface area contributed by atoms with Crippen molar-refractivity contribution in [2.75, 3.05) is 41.0 Å². The number of carboxylic acid groups (broad SMARTS) is 1. The lowest BCUT2D eigenvalue weighted by Gasteiger charge is -2.34. The summed E-state index contributed by atoms with van der Waals surface area (Å²) in [5.41, 5.74) is 0. The minimum Gasteiger partial charge on any atom is -0.544 e. The molecule has 0 aliphatic rings. The molecule has 8 nitrogen and oxygen atoms in total. The van der Waals surface area contributed by atoms with Crippen molar-refractivity contribution in [3.8, 4) is 0 Å². The summed E-state index contributed by atoms with van der Waals surface area (Å²) in [4.78, 5) is 36.6. The number of ether oxygens (including phenoxy) is 3. The van der Waals surface area contributed by atoms with Crippen molar-refractivity contribution < 1.29 is 38.2 Å². The Kier molecular flexibility index (Phi) is 32.4. The van der Waals surface area contributed by atoms with E-state index in [-0.39, 0.29) is 42.7 Å². The molecule has 0 fully saturated rings. The van der Waals surface area contributed by atoms with E-state index in [0.29, 0.717) is 12.8 Å². The Morgan fingerprint density at radius 3 is 1.58 bits per heavy atom. The van der Waals surface area contributed by atoms with E-state index in [4.69, 9.17) is 14.2 Å². The van der Waals surface area contributed by atoms with Crippen LogP contribution in [-0.2, 0) is 28.6 Å². The second-order valence-electron chi connectivity index (χ2n) is 14.9. The molecule has 0 aromatic carbocycles. The van der Waals surface area contributed by atoms with Gasteiger partial charge < -0.3 is 28.6 Å². The van der Waals surface area contributed by atoms with E-state index < -0.39 is 18.1 Å². The Hall–Kier alpha value is -2.19. The molecule has 0 amide bonds. The SMILES string of the molecule is CCCCC/C=C\C/C=C\CCCCCCCCCCCC(=O)OC(COCCC(C(=O)[O-])[N+](C)(C)C)COC(=O)CCCCCCCCC. The lowest BCUT2D eigenvalue weighted by atomic mass is 10.1.